The fourth-order valence-corrected chi connectivity index (χ4v) is 4.22. The first-order valence-electron chi connectivity index (χ1n) is 10.2. The number of carbonyl (C=O) groups excluding carboxylic acids is 3. The molecule has 3 rings (SSSR count). The highest BCUT2D eigenvalue weighted by atomic mass is 16.6. The van der Waals surface area contributed by atoms with Gasteiger partial charge in [-0.2, -0.15) is 0 Å². The van der Waals surface area contributed by atoms with E-state index in [4.69, 9.17) is 4.74 Å². The van der Waals surface area contributed by atoms with E-state index in [1.165, 1.54) is 16.7 Å². The van der Waals surface area contributed by atoms with Crippen molar-refractivity contribution in [2.45, 2.75) is 70.2 Å². The molecule has 2 aliphatic heterocycles. The molecule has 2 heterocycles. The first-order valence-corrected chi connectivity index (χ1v) is 10.2. The Morgan fingerprint density at radius 1 is 1.38 bits per heavy atom. The highest BCUT2D eigenvalue weighted by molar-refractivity contribution is 5.99. The Morgan fingerprint density at radius 2 is 2.10 bits per heavy atom. The number of hydrogen-bond acceptors (Lipinski definition) is 5. The van der Waals surface area contributed by atoms with Crippen molar-refractivity contribution in [3.8, 4) is 0 Å². The molecule has 8 heteroatoms. The third-order valence-electron chi connectivity index (χ3n) is 5.59. The van der Waals surface area contributed by atoms with Crippen LogP contribution < -0.4 is 5.32 Å². The van der Waals surface area contributed by atoms with Crippen molar-refractivity contribution in [1.82, 2.24) is 15.1 Å². The lowest BCUT2D eigenvalue weighted by Crippen LogP contribution is -2.77. The van der Waals surface area contributed by atoms with Crippen molar-refractivity contribution in [1.29, 1.82) is 0 Å². The molecule has 2 saturated heterocycles. The summed E-state index contributed by atoms with van der Waals surface area (Å²) < 4.78 is 5.46. The van der Waals surface area contributed by atoms with Gasteiger partial charge in [0.2, 0.25) is 5.91 Å². The molecule has 160 valence electrons. The topological polar surface area (TPSA) is 99.2 Å². The van der Waals surface area contributed by atoms with Crippen molar-refractivity contribution in [2.24, 2.45) is 0 Å². The molecule has 1 spiro atoms. The van der Waals surface area contributed by atoms with Crippen LogP contribution in [0.25, 0.3) is 0 Å². The Hall–Kier alpha value is -2.35. The minimum atomic E-state index is -1.02. The number of allylic oxidation sites excluding steroid dienone is 3. The van der Waals surface area contributed by atoms with Crippen molar-refractivity contribution < 1.29 is 24.2 Å². The standard InChI is InChI=1S/C21H31N3O5/c1-14(25)16(17(26)22-12-15-8-5-6-9-15)23-13-21(18(23)27)10-7-11-24(21)19(28)29-20(2,3)4/h5-6,8,14,16,25H,7,9-13H2,1-4H3,(H,22,26)/t14-,16+,21?/m1/s1. The molecular weight excluding hydrogens is 374 g/mol. The molecule has 0 aromatic rings. The summed E-state index contributed by atoms with van der Waals surface area (Å²) in [6.45, 7) is 7.90. The summed E-state index contributed by atoms with van der Waals surface area (Å²) in [4.78, 5) is 41.3. The van der Waals surface area contributed by atoms with E-state index in [1.54, 1.807) is 20.8 Å². The van der Waals surface area contributed by atoms with Crippen LogP contribution in [-0.2, 0) is 14.3 Å². The quantitative estimate of drug-likeness (QED) is 0.673. The number of β-lactam (4-membered cyclic amide) rings is 1. The fourth-order valence-electron chi connectivity index (χ4n) is 4.22. The number of carbonyl (C=O) groups is 3. The predicted octanol–water partition coefficient (Wildman–Crippen LogP) is 1.35. The predicted molar refractivity (Wildman–Crippen MR) is 107 cm³/mol. The van der Waals surface area contributed by atoms with Crippen LogP contribution in [0.5, 0.6) is 0 Å². The maximum Gasteiger partial charge on any atom is 0.411 e. The second-order valence-corrected chi connectivity index (χ2v) is 9.06. The summed E-state index contributed by atoms with van der Waals surface area (Å²) in [5.74, 6) is -0.693. The normalized spacial score (nSPS) is 25.7. The van der Waals surface area contributed by atoms with Gasteiger partial charge in [-0.25, -0.2) is 4.79 Å². The summed E-state index contributed by atoms with van der Waals surface area (Å²) in [5.41, 5.74) is -0.548. The molecule has 0 radical (unpaired) electrons. The molecule has 2 fully saturated rings. The third kappa shape index (κ3) is 4.17. The van der Waals surface area contributed by atoms with Crippen LogP contribution in [0.2, 0.25) is 0 Å². The van der Waals surface area contributed by atoms with Crippen LogP contribution in [-0.4, -0.2) is 75.7 Å². The van der Waals surface area contributed by atoms with Gasteiger partial charge in [0.1, 0.15) is 17.2 Å². The van der Waals surface area contributed by atoms with Gasteiger partial charge in [-0.05, 0) is 52.5 Å². The number of aliphatic hydroxyl groups excluding tert-OH is 1. The summed E-state index contributed by atoms with van der Waals surface area (Å²) in [6, 6.07) is -0.982. The maximum atomic E-state index is 13.1. The molecule has 8 nitrogen and oxygen atoms in total. The van der Waals surface area contributed by atoms with E-state index >= 15 is 0 Å². The number of hydrogen-bond donors (Lipinski definition) is 2. The Morgan fingerprint density at radius 3 is 2.66 bits per heavy atom. The Labute approximate surface area is 171 Å². The van der Waals surface area contributed by atoms with Crippen LogP contribution >= 0.6 is 0 Å². The first kappa shape index (κ1) is 21.4. The van der Waals surface area contributed by atoms with E-state index in [-0.39, 0.29) is 12.5 Å². The lowest BCUT2D eigenvalue weighted by Gasteiger charge is -2.53. The number of nitrogens with one attached hydrogen (secondary N) is 1. The molecule has 1 aliphatic carbocycles. The van der Waals surface area contributed by atoms with Gasteiger partial charge in [-0.1, -0.05) is 18.2 Å². The highest BCUT2D eigenvalue weighted by Crippen LogP contribution is 2.41. The zero-order chi connectivity index (χ0) is 21.4. The molecule has 3 amide bonds. The molecule has 1 unspecified atom stereocenters. The van der Waals surface area contributed by atoms with E-state index in [0.717, 1.165) is 12.0 Å². The average molecular weight is 405 g/mol. The average Bonchev–Trinajstić information content (AvgIpc) is 3.28. The van der Waals surface area contributed by atoms with Gasteiger partial charge in [-0.3, -0.25) is 14.5 Å². The fraction of sp³-hybridized carbons (Fsp3) is 0.667. The lowest BCUT2D eigenvalue weighted by molar-refractivity contribution is -0.171. The van der Waals surface area contributed by atoms with Crippen molar-refractivity contribution in [2.75, 3.05) is 19.6 Å². The number of amides is 3. The van der Waals surface area contributed by atoms with Crippen LogP contribution in [0.15, 0.2) is 23.8 Å². The van der Waals surface area contributed by atoms with Gasteiger partial charge in [0.15, 0.2) is 0 Å². The summed E-state index contributed by atoms with van der Waals surface area (Å²) in [5, 5.41) is 13.0. The van der Waals surface area contributed by atoms with E-state index in [1.807, 2.05) is 18.2 Å². The highest BCUT2D eigenvalue weighted by Gasteiger charge is 2.62. The Bertz CT molecular complexity index is 752. The zero-order valence-corrected chi connectivity index (χ0v) is 17.6. The van der Waals surface area contributed by atoms with Crippen LogP contribution in [0.1, 0.15) is 47.0 Å². The summed E-state index contributed by atoms with van der Waals surface area (Å²) in [7, 11) is 0. The van der Waals surface area contributed by atoms with Gasteiger partial charge in [0.25, 0.3) is 5.91 Å². The number of likely N-dealkylation sites (tertiary alicyclic amines) is 2. The number of aliphatic hydroxyl groups is 1. The molecule has 2 N–H and O–H groups in total. The Balaban J connectivity index is 1.67. The minimum Gasteiger partial charge on any atom is -0.444 e. The Kier molecular flexibility index (Phi) is 5.76. The first-order chi connectivity index (χ1) is 13.5. The van der Waals surface area contributed by atoms with Crippen molar-refractivity contribution in [3.63, 3.8) is 0 Å². The summed E-state index contributed by atoms with van der Waals surface area (Å²) in [6.07, 6.45) is 6.36. The monoisotopic (exact) mass is 405 g/mol. The van der Waals surface area contributed by atoms with Crippen LogP contribution in [0.3, 0.4) is 0 Å². The van der Waals surface area contributed by atoms with E-state index in [9.17, 15) is 19.5 Å². The van der Waals surface area contributed by atoms with Gasteiger partial charge >= 0.3 is 6.09 Å². The van der Waals surface area contributed by atoms with Gasteiger partial charge in [0, 0.05) is 13.1 Å². The van der Waals surface area contributed by atoms with Crippen molar-refractivity contribution >= 4 is 17.9 Å². The number of ether oxygens (including phenoxy) is 1. The van der Waals surface area contributed by atoms with Crippen molar-refractivity contribution in [3.05, 3.63) is 23.8 Å². The van der Waals surface area contributed by atoms with Gasteiger partial charge in [-0.15, -0.1) is 0 Å². The number of rotatable bonds is 5. The number of nitrogens with zero attached hydrogens (tertiary/aromatic N) is 2. The van der Waals surface area contributed by atoms with E-state index in [2.05, 4.69) is 5.32 Å². The molecule has 29 heavy (non-hydrogen) atoms. The molecule has 0 saturated carbocycles. The van der Waals surface area contributed by atoms with E-state index < -0.39 is 35.3 Å². The molecular formula is C21H31N3O5. The van der Waals surface area contributed by atoms with Crippen LogP contribution in [0, 0.1) is 0 Å². The summed E-state index contributed by atoms with van der Waals surface area (Å²) >= 11 is 0. The molecule has 0 aromatic carbocycles. The minimum absolute atomic E-state index is 0.221. The molecule has 0 aromatic heterocycles. The van der Waals surface area contributed by atoms with Crippen LogP contribution in [0.4, 0.5) is 4.79 Å². The largest absolute Gasteiger partial charge is 0.444 e. The smallest absolute Gasteiger partial charge is 0.411 e. The second-order valence-electron chi connectivity index (χ2n) is 9.06. The maximum absolute atomic E-state index is 13.1. The second kappa shape index (κ2) is 7.82. The lowest BCUT2D eigenvalue weighted by atomic mass is 9.83. The molecule has 0 bridgehead atoms. The van der Waals surface area contributed by atoms with Gasteiger partial charge in [0.05, 0.1) is 12.6 Å². The SMILES string of the molecule is C[C@@H](O)[C@@H](C(=O)NCC1=CC=CC1)N1CC2(CCCN2C(=O)OC(C)(C)C)C1=O. The molecule has 3 aliphatic rings. The third-order valence-corrected chi connectivity index (χ3v) is 5.59. The van der Waals surface area contributed by atoms with Gasteiger partial charge < -0.3 is 20.1 Å². The zero-order valence-electron chi connectivity index (χ0n) is 17.6. The molecule has 3 atom stereocenters. The van der Waals surface area contributed by atoms with E-state index in [0.29, 0.717) is 25.9 Å².